The van der Waals surface area contributed by atoms with Crippen molar-refractivity contribution in [3.8, 4) is 0 Å². The fraction of sp³-hybridized carbons (Fsp3) is 0.188. The number of hydrogen-bond donors (Lipinski definition) is 1. The van der Waals surface area contributed by atoms with Crippen molar-refractivity contribution in [3.63, 3.8) is 0 Å². The molecule has 0 aliphatic heterocycles. The fourth-order valence-corrected chi connectivity index (χ4v) is 2.63. The molecule has 0 bridgehead atoms. The summed E-state index contributed by atoms with van der Waals surface area (Å²) in [5.74, 6) is -1.30. The second kappa shape index (κ2) is 7.85. The van der Waals surface area contributed by atoms with Crippen LogP contribution in [0.2, 0.25) is 0 Å². The highest BCUT2D eigenvalue weighted by atomic mass is 32.2. The van der Waals surface area contributed by atoms with E-state index in [1.54, 1.807) is 24.3 Å². The number of rotatable bonds is 6. The van der Waals surface area contributed by atoms with Crippen molar-refractivity contribution in [2.75, 3.05) is 7.11 Å². The lowest BCUT2D eigenvalue weighted by Gasteiger charge is -2.16. The van der Waals surface area contributed by atoms with Gasteiger partial charge in [0.1, 0.15) is 5.82 Å². The van der Waals surface area contributed by atoms with Gasteiger partial charge in [-0.25, -0.2) is 17.6 Å². The summed E-state index contributed by atoms with van der Waals surface area (Å²) >= 11 is 0. The number of methoxy groups -OCH3 is 1. The Labute approximate surface area is 135 Å². The summed E-state index contributed by atoms with van der Waals surface area (Å²) in [5.41, 5.74) is 1.07. The summed E-state index contributed by atoms with van der Waals surface area (Å²) < 4.78 is 42.5. The van der Waals surface area contributed by atoms with E-state index >= 15 is 0 Å². The number of ether oxygens (including phenoxy) is 1. The van der Waals surface area contributed by atoms with Gasteiger partial charge in [-0.2, -0.15) is 4.31 Å². The molecule has 122 valence electrons. The van der Waals surface area contributed by atoms with Crippen LogP contribution < -0.4 is 0 Å². The molecule has 0 radical (unpaired) electrons. The molecule has 0 fully saturated rings. The minimum absolute atomic E-state index is 0.0786. The average molecular weight is 337 g/mol. The molecular weight excluding hydrogens is 321 g/mol. The van der Waals surface area contributed by atoms with E-state index < -0.39 is 22.7 Å². The molecule has 0 aliphatic rings. The van der Waals surface area contributed by atoms with E-state index in [1.807, 2.05) is 6.07 Å². The minimum Gasteiger partial charge on any atom is -0.465 e. The zero-order chi connectivity index (χ0) is 16.8. The molecular formula is C16H16FNO4S. The molecule has 0 saturated carbocycles. The molecule has 0 aromatic heterocycles. The van der Waals surface area contributed by atoms with Crippen LogP contribution in [-0.4, -0.2) is 25.8 Å². The van der Waals surface area contributed by atoms with Gasteiger partial charge in [-0.1, -0.05) is 36.4 Å². The van der Waals surface area contributed by atoms with E-state index in [0.717, 1.165) is 15.9 Å². The second-order valence-corrected chi connectivity index (χ2v) is 5.89. The van der Waals surface area contributed by atoms with Crippen LogP contribution in [0, 0.1) is 5.82 Å². The monoisotopic (exact) mass is 337 g/mol. The second-order valence-electron chi connectivity index (χ2n) is 4.84. The summed E-state index contributed by atoms with van der Waals surface area (Å²) in [7, 11) is -1.67. The molecule has 0 unspecified atom stereocenters. The van der Waals surface area contributed by atoms with Gasteiger partial charge in [0.2, 0.25) is 10.9 Å². The van der Waals surface area contributed by atoms with Crippen LogP contribution in [0.4, 0.5) is 4.39 Å². The van der Waals surface area contributed by atoms with Gasteiger partial charge in [-0.15, -0.1) is 0 Å². The number of carbonyl (C=O) groups is 1. The lowest BCUT2D eigenvalue weighted by Crippen LogP contribution is -2.21. The first-order valence-corrected chi connectivity index (χ1v) is 7.94. The Morgan fingerprint density at radius 3 is 2.39 bits per heavy atom. The van der Waals surface area contributed by atoms with Gasteiger partial charge in [0.25, 0.3) is 0 Å². The smallest absolute Gasteiger partial charge is 0.337 e. The molecule has 23 heavy (non-hydrogen) atoms. The largest absolute Gasteiger partial charge is 0.465 e. The van der Waals surface area contributed by atoms with Crippen LogP contribution in [0.3, 0.4) is 0 Å². The molecule has 0 saturated heterocycles. The number of halogens is 1. The summed E-state index contributed by atoms with van der Waals surface area (Å²) in [6.07, 6.45) is 0. The van der Waals surface area contributed by atoms with Crippen molar-refractivity contribution in [1.82, 2.24) is 4.31 Å². The Hall–Kier alpha value is -2.25. The molecule has 2 aromatic rings. The third-order valence-electron chi connectivity index (χ3n) is 3.27. The highest BCUT2D eigenvalue weighted by molar-refractivity contribution is 7.69. The van der Waals surface area contributed by atoms with Gasteiger partial charge in [0, 0.05) is 18.7 Å². The van der Waals surface area contributed by atoms with Crippen molar-refractivity contribution < 1.29 is 22.3 Å². The lowest BCUT2D eigenvalue weighted by molar-refractivity contribution is 0.0600. The van der Waals surface area contributed by atoms with E-state index in [-0.39, 0.29) is 24.2 Å². The highest BCUT2D eigenvalue weighted by Crippen LogP contribution is 2.15. The van der Waals surface area contributed by atoms with E-state index in [1.165, 1.54) is 19.2 Å². The molecule has 7 heteroatoms. The maximum Gasteiger partial charge on any atom is 0.337 e. The van der Waals surface area contributed by atoms with Gasteiger partial charge in [0.15, 0.2) is 0 Å². The predicted octanol–water partition coefficient (Wildman–Crippen LogP) is 2.14. The molecule has 0 spiro atoms. The van der Waals surface area contributed by atoms with Gasteiger partial charge >= 0.3 is 5.97 Å². The Bertz CT molecular complexity index is 754. The van der Waals surface area contributed by atoms with E-state index in [9.17, 15) is 17.6 Å². The van der Waals surface area contributed by atoms with Crippen LogP contribution in [-0.2, 0) is 28.7 Å². The molecule has 2 aromatic carbocycles. The summed E-state index contributed by atoms with van der Waals surface area (Å²) in [6.45, 7) is 0.0403. The number of benzene rings is 2. The van der Waals surface area contributed by atoms with E-state index in [2.05, 4.69) is 4.74 Å². The fourth-order valence-electron chi connectivity index (χ4n) is 2.08. The van der Waals surface area contributed by atoms with E-state index in [0.29, 0.717) is 0 Å². The summed E-state index contributed by atoms with van der Waals surface area (Å²) in [6, 6.07) is 12.9. The zero-order valence-corrected chi connectivity index (χ0v) is 13.3. The Balaban J connectivity index is 2.19. The predicted molar refractivity (Wildman–Crippen MR) is 83.7 cm³/mol. The maximum absolute atomic E-state index is 14.1. The van der Waals surface area contributed by atoms with Crippen LogP contribution in [0.1, 0.15) is 21.5 Å². The molecule has 0 N–H and O–H groups in total. The number of hydrogen-bond acceptors (Lipinski definition) is 4. The third-order valence-corrected chi connectivity index (χ3v) is 4.01. The molecule has 0 atom stereocenters. The van der Waals surface area contributed by atoms with Crippen molar-refractivity contribution in [2.45, 2.75) is 13.1 Å². The van der Waals surface area contributed by atoms with Gasteiger partial charge in [-0.05, 0) is 17.7 Å². The van der Waals surface area contributed by atoms with Crippen molar-refractivity contribution in [1.29, 1.82) is 0 Å². The van der Waals surface area contributed by atoms with Crippen LogP contribution in [0.15, 0.2) is 48.5 Å². The third kappa shape index (κ3) is 4.61. The van der Waals surface area contributed by atoms with Gasteiger partial charge in [-0.3, -0.25) is 0 Å². The maximum atomic E-state index is 14.1. The minimum atomic E-state index is -2.87. The average Bonchev–Trinajstić information content (AvgIpc) is 2.55. The van der Waals surface area contributed by atoms with Crippen molar-refractivity contribution in [3.05, 3.63) is 71.0 Å². The van der Waals surface area contributed by atoms with Crippen LogP contribution in [0.25, 0.3) is 0 Å². The SMILES string of the molecule is COC(=O)c1ccc(CN(Cc2ccccc2)[SH](=O)=O)c(F)c1. The first kappa shape index (κ1) is 17.1. The van der Waals surface area contributed by atoms with Crippen molar-refractivity contribution in [2.24, 2.45) is 0 Å². The molecule has 0 heterocycles. The highest BCUT2D eigenvalue weighted by Gasteiger charge is 2.14. The zero-order valence-electron chi connectivity index (χ0n) is 12.4. The summed E-state index contributed by atoms with van der Waals surface area (Å²) in [4.78, 5) is 11.4. The first-order chi connectivity index (χ1) is 11.0. The topological polar surface area (TPSA) is 63.7 Å². The molecule has 2 rings (SSSR count). The first-order valence-electron chi connectivity index (χ1n) is 6.81. The van der Waals surface area contributed by atoms with Crippen molar-refractivity contribution >= 4 is 16.9 Å². The molecule has 0 amide bonds. The summed E-state index contributed by atoms with van der Waals surface area (Å²) in [5, 5.41) is 0. The molecule has 0 aliphatic carbocycles. The number of carbonyl (C=O) groups excluding carboxylic acids is 1. The Kier molecular flexibility index (Phi) is 5.84. The number of thiol groups is 1. The van der Waals surface area contributed by atoms with Crippen LogP contribution >= 0.6 is 0 Å². The van der Waals surface area contributed by atoms with Crippen LogP contribution in [0.5, 0.6) is 0 Å². The normalized spacial score (nSPS) is 11.0. The van der Waals surface area contributed by atoms with Gasteiger partial charge in [0.05, 0.1) is 12.7 Å². The van der Waals surface area contributed by atoms with Gasteiger partial charge < -0.3 is 4.74 Å². The lowest BCUT2D eigenvalue weighted by atomic mass is 10.1. The quantitative estimate of drug-likeness (QED) is 0.648. The number of nitrogens with zero attached hydrogens (tertiary/aromatic N) is 1. The van der Waals surface area contributed by atoms with E-state index in [4.69, 9.17) is 0 Å². The number of esters is 1. The Morgan fingerprint density at radius 2 is 1.83 bits per heavy atom. The molecule has 5 nitrogen and oxygen atoms in total. The standard InChI is InChI=1S/C16H16FNO4S/c1-22-16(19)13-7-8-14(15(17)9-13)11-18(23(20)21)10-12-5-3-2-4-6-12/h2-9,23H,10-11H2,1H3. The Morgan fingerprint density at radius 1 is 1.13 bits per heavy atom.